The molecule has 3 rings (SSSR count). The number of carbonyl (C=O) groups excluding carboxylic acids is 1. The van der Waals surface area contributed by atoms with Crippen LogP contribution in [0.1, 0.15) is 29.8 Å². The maximum Gasteiger partial charge on any atom is 0.271 e. The predicted octanol–water partition coefficient (Wildman–Crippen LogP) is 4.64. The molecule has 0 fully saturated rings. The van der Waals surface area contributed by atoms with E-state index in [2.05, 4.69) is 28.8 Å². The quantitative estimate of drug-likeness (QED) is 0.505. The van der Waals surface area contributed by atoms with Crippen molar-refractivity contribution in [1.82, 2.24) is 4.90 Å². The Hall–Kier alpha value is -2.68. The van der Waals surface area contributed by atoms with E-state index in [0.717, 1.165) is 42.2 Å². The van der Waals surface area contributed by atoms with Crippen LogP contribution in [0.3, 0.4) is 0 Å². The summed E-state index contributed by atoms with van der Waals surface area (Å²) in [5, 5.41) is 4.61. The predicted molar refractivity (Wildman–Crippen MR) is 123 cm³/mol. The minimum atomic E-state index is -3.61. The number of carbonyl (C=O) groups is 1. The number of hydrogen-bond acceptors (Lipinski definition) is 5. The molecule has 0 bridgehead atoms. The van der Waals surface area contributed by atoms with Crippen molar-refractivity contribution in [3.05, 3.63) is 77.2 Å². The van der Waals surface area contributed by atoms with Crippen LogP contribution in [0.2, 0.25) is 0 Å². The molecule has 0 spiro atoms. The van der Waals surface area contributed by atoms with Crippen molar-refractivity contribution in [3.63, 3.8) is 0 Å². The normalized spacial score (nSPS) is 11.4. The maximum absolute atomic E-state index is 12.6. The van der Waals surface area contributed by atoms with E-state index in [1.807, 2.05) is 24.3 Å². The number of anilines is 2. The topological polar surface area (TPSA) is 78.5 Å². The monoisotopic (exact) mass is 443 g/mol. The highest BCUT2D eigenvalue weighted by molar-refractivity contribution is 7.94. The Balaban J connectivity index is 1.65. The first kappa shape index (κ1) is 22.0. The third-order valence-corrected chi connectivity index (χ3v) is 7.42. The minimum absolute atomic E-state index is 0.244. The van der Waals surface area contributed by atoms with Crippen LogP contribution < -0.4 is 10.0 Å². The second-order valence-electron chi connectivity index (χ2n) is 6.73. The van der Waals surface area contributed by atoms with Crippen LogP contribution in [0.4, 0.5) is 11.4 Å². The number of nitrogens with one attached hydrogen (secondary N) is 2. The van der Waals surface area contributed by atoms with E-state index in [9.17, 15) is 13.2 Å². The van der Waals surface area contributed by atoms with Crippen molar-refractivity contribution >= 4 is 38.6 Å². The number of hydrogen-bond donors (Lipinski definition) is 2. The molecule has 0 aliphatic rings. The molecule has 0 radical (unpaired) electrons. The molecule has 1 heterocycles. The lowest BCUT2D eigenvalue weighted by molar-refractivity contribution is 0.102. The molecule has 0 saturated carbocycles. The van der Waals surface area contributed by atoms with Crippen molar-refractivity contribution in [2.75, 3.05) is 23.1 Å². The van der Waals surface area contributed by atoms with Crippen LogP contribution in [-0.4, -0.2) is 32.3 Å². The fraction of sp³-hybridized carbons (Fsp3) is 0.227. The van der Waals surface area contributed by atoms with Gasteiger partial charge in [-0.15, -0.1) is 11.3 Å². The molecule has 1 aromatic heterocycles. The second-order valence-corrected chi connectivity index (χ2v) is 9.59. The molecule has 158 valence electrons. The average molecular weight is 444 g/mol. The zero-order valence-corrected chi connectivity index (χ0v) is 18.6. The molecule has 0 aliphatic carbocycles. The van der Waals surface area contributed by atoms with E-state index in [0.29, 0.717) is 11.3 Å². The molecule has 2 aromatic carbocycles. The fourth-order valence-electron chi connectivity index (χ4n) is 2.97. The summed E-state index contributed by atoms with van der Waals surface area (Å²) < 4.78 is 27.3. The molecule has 1 amide bonds. The van der Waals surface area contributed by atoms with Crippen LogP contribution in [-0.2, 0) is 16.6 Å². The molecule has 30 heavy (non-hydrogen) atoms. The van der Waals surface area contributed by atoms with Crippen LogP contribution in [0.15, 0.2) is 70.3 Å². The SMILES string of the molecule is CCN(CC)Cc1cccc(NC(=O)c2ccc(NS(=O)(=O)c3cccs3)cc2)c1. The molecule has 6 nitrogen and oxygen atoms in total. The standard InChI is InChI=1S/C22H25N3O3S2/c1-3-25(4-2)16-17-7-5-8-20(15-17)23-22(26)18-10-12-19(13-11-18)24-30(27,28)21-9-6-14-29-21/h5-15,24H,3-4,16H2,1-2H3,(H,23,26). The molecule has 0 atom stereocenters. The summed E-state index contributed by atoms with van der Waals surface area (Å²) in [5.74, 6) is -0.248. The molecule has 3 aromatic rings. The van der Waals surface area contributed by atoms with Crippen molar-refractivity contribution in [2.24, 2.45) is 0 Å². The molecule has 2 N–H and O–H groups in total. The first-order chi connectivity index (χ1) is 14.4. The van der Waals surface area contributed by atoms with Gasteiger partial charge in [0.05, 0.1) is 0 Å². The number of amides is 1. The van der Waals surface area contributed by atoms with Crippen molar-refractivity contribution < 1.29 is 13.2 Å². The number of rotatable bonds is 9. The molecule has 8 heteroatoms. The highest BCUT2D eigenvalue weighted by atomic mass is 32.2. The van der Waals surface area contributed by atoms with Gasteiger partial charge in [-0.1, -0.05) is 32.0 Å². The van der Waals surface area contributed by atoms with Gasteiger partial charge < -0.3 is 5.32 Å². The second kappa shape index (κ2) is 9.88. The lowest BCUT2D eigenvalue weighted by Gasteiger charge is -2.18. The zero-order chi connectivity index (χ0) is 21.6. The van der Waals surface area contributed by atoms with Gasteiger partial charge in [-0.25, -0.2) is 8.42 Å². The number of nitrogens with zero attached hydrogens (tertiary/aromatic N) is 1. The van der Waals surface area contributed by atoms with E-state index in [-0.39, 0.29) is 10.1 Å². The van der Waals surface area contributed by atoms with Gasteiger partial charge in [0.1, 0.15) is 4.21 Å². The highest BCUT2D eigenvalue weighted by Crippen LogP contribution is 2.21. The first-order valence-corrected chi connectivity index (χ1v) is 12.1. The molecule has 0 aliphatic heterocycles. The summed E-state index contributed by atoms with van der Waals surface area (Å²) >= 11 is 1.15. The van der Waals surface area contributed by atoms with Crippen LogP contribution >= 0.6 is 11.3 Å². The Morgan fingerprint density at radius 2 is 1.70 bits per heavy atom. The Kier molecular flexibility index (Phi) is 7.25. The average Bonchev–Trinajstić information content (AvgIpc) is 3.28. The van der Waals surface area contributed by atoms with Crippen LogP contribution in [0, 0.1) is 0 Å². The smallest absolute Gasteiger partial charge is 0.271 e. The van der Waals surface area contributed by atoms with E-state index >= 15 is 0 Å². The van der Waals surface area contributed by atoms with Gasteiger partial charge in [0.15, 0.2) is 0 Å². The Labute approximate surface area is 181 Å². The third kappa shape index (κ3) is 5.69. The van der Waals surface area contributed by atoms with Crippen molar-refractivity contribution in [2.45, 2.75) is 24.6 Å². The third-order valence-electron chi connectivity index (χ3n) is 4.64. The lowest BCUT2D eigenvalue weighted by Crippen LogP contribution is -2.22. The van der Waals surface area contributed by atoms with Crippen LogP contribution in [0.25, 0.3) is 0 Å². The summed E-state index contributed by atoms with van der Waals surface area (Å²) in [6.45, 7) is 7.01. The van der Waals surface area contributed by atoms with Gasteiger partial charge in [-0.05, 0) is 66.5 Å². The highest BCUT2D eigenvalue weighted by Gasteiger charge is 2.15. The number of thiophene rings is 1. The van der Waals surface area contributed by atoms with E-state index in [1.54, 1.807) is 41.8 Å². The minimum Gasteiger partial charge on any atom is -0.322 e. The molecule has 0 unspecified atom stereocenters. The summed E-state index contributed by atoms with van der Waals surface area (Å²) in [4.78, 5) is 14.9. The van der Waals surface area contributed by atoms with E-state index in [1.165, 1.54) is 0 Å². The summed E-state index contributed by atoms with van der Waals surface area (Å²) in [5.41, 5.74) is 2.71. The van der Waals surface area contributed by atoms with Gasteiger partial charge in [0, 0.05) is 23.5 Å². The van der Waals surface area contributed by atoms with Crippen molar-refractivity contribution in [1.29, 1.82) is 0 Å². The summed E-state index contributed by atoms with van der Waals surface area (Å²) in [6.07, 6.45) is 0. The van der Waals surface area contributed by atoms with Gasteiger partial charge in [0.25, 0.3) is 15.9 Å². The zero-order valence-electron chi connectivity index (χ0n) is 17.0. The summed E-state index contributed by atoms with van der Waals surface area (Å²) in [6, 6.07) is 17.4. The molecule has 0 saturated heterocycles. The molecular weight excluding hydrogens is 418 g/mol. The van der Waals surface area contributed by atoms with E-state index < -0.39 is 10.0 Å². The van der Waals surface area contributed by atoms with Gasteiger partial charge in [-0.3, -0.25) is 14.4 Å². The first-order valence-electron chi connectivity index (χ1n) is 9.70. The van der Waals surface area contributed by atoms with Gasteiger partial charge >= 0.3 is 0 Å². The Bertz CT molecular complexity index is 1080. The van der Waals surface area contributed by atoms with Crippen LogP contribution in [0.5, 0.6) is 0 Å². The summed E-state index contributed by atoms with van der Waals surface area (Å²) in [7, 11) is -3.61. The van der Waals surface area contributed by atoms with Crippen molar-refractivity contribution in [3.8, 4) is 0 Å². The van der Waals surface area contributed by atoms with E-state index in [4.69, 9.17) is 0 Å². The maximum atomic E-state index is 12.6. The Morgan fingerprint density at radius 3 is 2.33 bits per heavy atom. The number of benzene rings is 2. The number of sulfonamides is 1. The van der Waals surface area contributed by atoms with Gasteiger partial charge in [-0.2, -0.15) is 0 Å². The molecular formula is C22H25N3O3S2. The Morgan fingerprint density at radius 1 is 0.967 bits per heavy atom. The lowest BCUT2D eigenvalue weighted by atomic mass is 10.1. The fourth-order valence-corrected chi connectivity index (χ4v) is 5.02. The largest absolute Gasteiger partial charge is 0.322 e. The van der Waals surface area contributed by atoms with Gasteiger partial charge in [0.2, 0.25) is 0 Å².